The van der Waals surface area contributed by atoms with Gasteiger partial charge in [0.25, 0.3) is 0 Å². The van der Waals surface area contributed by atoms with Crippen molar-refractivity contribution in [2.75, 3.05) is 35.4 Å². The van der Waals surface area contributed by atoms with Crippen LogP contribution < -0.4 is 14.8 Å². The second kappa shape index (κ2) is 11.5. The minimum Gasteiger partial charge on any atom is -0.497 e. The molecular formula is C20H28IN3O5. The van der Waals surface area contributed by atoms with Crippen molar-refractivity contribution in [1.82, 2.24) is 10.2 Å². The first-order valence-electron chi connectivity index (χ1n) is 8.73. The van der Waals surface area contributed by atoms with Gasteiger partial charge in [-0.3, -0.25) is 4.99 Å². The Hall–Kier alpha value is -2.43. The summed E-state index contributed by atoms with van der Waals surface area (Å²) in [6.07, 6.45) is 0. The molecule has 0 amide bonds. The second-order valence-electron chi connectivity index (χ2n) is 6.11. The number of aryl methyl sites for hydroxylation is 1. The molecule has 8 nitrogen and oxygen atoms in total. The van der Waals surface area contributed by atoms with Crippen LogP contribution in [-0.2, 0) is 17.8 Å². The van der Waals surface area contributed by atoms with Gasteiger partial charge in [-0.1, -0.05) is 0 Å². The first kappa shape index (κ1) is 24.6. The molecule has 0 saturated carbocycles. The lowest BCUT2D eigenvalue weighted by atomic mass is 10.2. The summed E-state index contributed by atoms with van der Waals surface area (Å²) in [5.74, 6) is 2.88. The van der Waals surface area contributed by atoms with Crippen LogP contribution in [0.4, 0.5) is 0 Å². The van der Waals surface area contributed by atoms with Crippen molar-refractivity contribution in [1.29, 1.82) is 0 Å². The number of aliphatic imine (C=N–C) groups is 1. The molecule has 1 aromatic heterocycles. The smallest absolute Gasteiger partial charge is 0.341 e. The number of nitrogens with zero attached hydrogens (tertiary/aromatic N) is 2. The Bertz CT molecular complexity index is 851. The minimum absolute atomic E-state index is 0. The first-order valence-corrected chi connectivity index (χ1v) is 8.73. The van der Waals surface area contributed by atoms with E-state index in [-0.39, 0.29) is 24.0 Å². The number of ether oxygens (including phenoxy) is 3. The van der Waals surface area contributed by atoms with Crippen molar-refractivity contribution in [2.45, 2.75) is 20.0 Å². The fourth-order valence-electron chi connectivity index (χ4n) is 2.81. The molecule has 1 N–H and O–H groups in total. The largest absolute Gasteiger partial charge is 0.497 e. The van der Waals surface area contributed by atoms with Crippen LogP contribution in [0.3, 0.4) is 0 Å². The average Bonchev–Trinajstić information content (AvgIpc) is 3.08. The van der Waals surface area contributed by atoms with Crippen molar-refractivity contribution in [3.05, 3.63) is 46.9 Å². The molecule has 160 valence electrons. The molecule has 29 heavy (non-hydrogen) atoms. The number of benzene rings is 1. The fraction of sp³-hybridized carbons (Fsp3) is 0.400. The van der Waals surface area contributed by atoms with E-state index in [0.717, 1.165) is 17.1 Å². The van der Waals surface area contributed by atoms with Gasteiger partial charge in [0.15, 0.2) is 5.96 Å². The maximum atomic E-state index is 11.7. The van der Waals surface area contributed by atoms with E-state index >= 15 is 0 Å². The molecule has 2 aromatic rings. The molecule has 0 aliphatic rings. The van der Waals surface area contributed by atoms with E-state index in [4.69, 9.17) is 18.6 Å². The van der Waals surface area contributed by atoms with Gasteiger partial charge in [-0.15, -0.1) is 24.0 Å². The third-order valence-corrected chi connectivity index (χ3v) is 4.27. The van der Waals surface area contributed by atoms with Gasteiger partial charge in [-0.05, 0) is 25.1 Å². The molecule has 0 radical (unpaired) electrons. The van der Waals surface area contributed by atoms with Crippen LogP contribution in [-0.4, -0.2) is 52.3 Å². The van der Waals surface area contributed by atoms with Gasteiger partial charge in [-0.25, -0.2) is 4.79 Å². The highest BCUT2D eigenvalue weighted by atomic mass is 127. The van der Waals surface area contributed by atoms with E-state index in [0.29, 0.717) is 36.1 Å². The van der Waals surface area contributed by atoms with Gasteiger partial charge in [0.2, 0.25) is 0 Å². The van der Waals surface area contributed by atoms with E-state index < -0.39 is 5.97 Å². The van der Waals surface area contributed by atoms with Crippen molar-refractivity contribution >= 4 is 35.9 Å². The lowest BCUT2D eigenvalue weighted by Crippen LogP contribution is -2.38. The third-order valence-electron chi connectivity index (χ3n) is 4.27. The number of hydrogen-bond donors (Lipinski definition) is 1. The van der Waals surface area contributed by atoms with Gasteiger partial charge < -0.3 is 28.8 Å². The van der Waals surface area contributed by atoms with Crippen molar-refractivity contribution in [2.24, 2.45) is 4.99 Å². The summed E-state index contributed by atoms with van der Waals surface area (Å²) < 4.78 is 21.1. The predicted octanol–water partition coefficient (Wildman–Crippen LogP) is 3.22. The molecule has 0 spiro atoms. The zero-order valence-electron chi connectivity index (χ0n) is 17.6. The van der Waals surface area contributed by atoms with Crippen LogP contribution in [0.5, 0.6) is 11.5 Å². The Morgan fingerprint density at radius 1 is 1.21 bits per heavy atom. The molecule has 9 heteroatoms. The van der Waals surface area contributed by atoms with Crippen molar-refractivity contribution in [3.8, 4) is 11.5 Å². The Morgan fingerprint density at radius 3 is 2.52 bits per heavy atom. The molecule has 0 unspecified atom stereocenters. The number of methoxy groups -OCH3 is 3. The standard InChI is InChI=1S/C20H27N3O5.HI/c1-13-17(19(24)27-6)9-16(28-13)11-22-20(21-2)23(3)12-14-7-8-15(25-4)10-18(14)26-5;/h7-10H,11-12H2,1-6H3,(H,21,22);1H. The summed E-state index contributed by atoms with van der Waals surface area (Å²) in [5.41, 5.74) is 1.42. The molecule has 0 fully saturated rings. The number of furan rings is 1. The molecule has 2 rings (SSSR count). The minimum atomic E-state index is -0.416. The van der Waals surface area contributed by atoms with Gasteiger partial charge >= 0.3 is 5.97 Å². The highest BCUT2D eigenvalue weighted by Gasteiger charge is 2.16. The van der Waals surface area contributed by atoms with Crippen LogP contribution in [0, 0.1) is 6.92 Å². The average molecular weight is 517 g/mol. The zero-order chi connectivity index (χ0) is 20.7. The van der Waals surface area contributed by atoms with E-state index in [1.165, 1.54) is 7.11 Å². The van der Waals surface area contributed by atoms with E-state index in [1.54, 1.807) is 34.3 Å². The maximum Gasteiger partial charge on any atom is 0.341 e. The molecule has 0 bridgehead atoms. The maximum absolute atomic E-state index is 11.7. The van der Waals surface area contributed by atoms with E-state index in [1.807, 2.05) is 30.1 Å². The second-order valence-corrected chi connectivity index (χ2v) is 6.11. The third kappa shape index (κ3) is 6.28. The Kier molecular flexibility index (Phi) is 9.79. The lowest BCUT2D eigenvalue weighted by Gasteiger charge is -2.23. The fourth-order valence-corrected chi connectivity index (χ4v) is 2.81. The molecule has 0 aliphatic heterocycles. The van der Waals surface area contributed by atoms with Crippen LogP contribution in [0.1, 0.15) is 27.4 Å². The topological polar surface area (TPSA) is 85.5 Å². The normalized spacial score (nSPS) is 10.8. The van der Waals surface area contributed by atoms with Crippen LogP contribution in [0.15, 0.2) is 33.7 Å². The molecule has 0 atom stereocenters. The molecular weight excluding hydrogens is 489 g/mol. The quantitative estimate of drug-likeness (QED) is 0.261. The Morgan fingerprint density at radius 2 is 1.93 bits per heavy atom. The number of guanidine groups is 1. The highest BCUT2D eigenvalue weighted by molar-refractivity contribution is 14.0. The SMILES string of the molecule is CN=C(NCc1cc(C(=O)OC)c(C)o1)N(C)Cc1ccc(OC)cc1OC.I. The summed E-state index contributed by atoms with van der Waals surface area (Å²) in [4.78, 5) is 18.0. The Balaban J connectivity index is 0.00000420. The van der Waals surface area contributed by atoms with E-state index in [2.05, 4.69) is 10.3 Å². The van der Waals surface area contributed by atoms with Crippen LogP contribution in [0.25, 0.3) is 0 Å². The lowest BCUT2D eigenvalue weighted by molar-refractivity contribution is 0.0599. The number of carbonyl (C=O) groups is 1. The van der Waals surface area contributed by atoms with E-state index in [9.17, 15) is 4.79 Å². The molecule has 0 saturated heterocycles. The zero-order valence-corrected chi connectivity index (χ0v) is 19.9. The summed E-state index contributed by atoms with van der Waals surface area (Å²) in [6, 6.07) is 7.37. The number of halogens is 1. The molecule has 1 heterocycles. The summed E-state index contributed by atoms with van der Waals surface area (Å²) in [6.45, 7) is 2.69. The summed E-state index contributed by atoms with van der Waals surface area (Å²) >= 11 is 0. The van der Waals surface area contributed by atoms with Gasteiger partial charge in [0.1, 0.15) is 28.6 Å². The number of nitrogens with one attached hydrogen (secondary N) is 1. The molecule has 0 aliphatic carbocycles. The summed E-state index contributed by atoms with van der Waals surface area (Å²) in [5, 5.41) is 3.23. The summed E-state index contributed by atoms with van der Waals surface area (Å²) in [7, 11) is 8.22. The monoisotopic (exact) mass is 517 g/mol. The van der Waals surface area contributed by atoms with Crippen molar-refractivity contribution < 1.29 is 23.4 Å². The van der Waals surface area contributed by atoms with Crippen LogP contribution in [0.2, 0.25) is 0 Å². The van der Waals surface area contributed by atoms with Crippen molar-refractivity contribution in [3.63, 3.8) is 0 Å². The van der Waals surface area contributed by atoms with Gasteiger partial charge in [-0.2, -0.15) is 0 Å². The number of esters is 1. The number of rotatable bonds is 7. The van der Waals surface area contributed by atoms with Gasteiger partial charge in [0, 0.05) is 32.3 Å². The highest BCUT2D eigenvalue weighted by Crippen LogP contribution is 2.25. The predicted molar refractivity (Wildman–Crippen MR) is 121 cm³/mol. The number of carbonyl (C=O) groups excluding carboxylic acids is 1. The van der Waals surface area contributed by atoms with Gasteiger partial charge in [0.05, 0.1) is 27.9 Å². The number of hydrogen-bond acceptors (Lipinski definition) is 6. The molecule has 1 aromatic carbocycles. The first-order chi connectivity index (χ1) is 13.4. The Labute approximate surface area is 188 Å². The van der Waals surface area contributed by atoms with Crippen LogP contribution >= 0.6 is 24.0 Å².